The van der Waals surface area contributed by atoms with E-state index in [2.05, 4.69) is 10.6 Å². The molecule has 2 rings (SSSR count). The van der Waals surface area contributed by atoms with E-state index in [1.165, 1.54) is 0 Å². The van der Waals surface area contributed by atoms with E-state index < -0.39 is 5.92 Å². The zero-order valence-corrected chi connectivity index (χ0v) is 7.49. The van der Waals surface area contributed by atoms with Crippen LogP contribution in [-0.4, -0.2) is 18.2 Å². The number of nitrogens with one attached hydrogen (secondary N) is 2. The largest absolute Gasteiger partial charge is 0.364 e. The van der Waals surface area contributed by atoms with Gasteiger partial charge in [-0.05, 0) is 12.2 Å². The Labute approximate surface area is 81.4 Å². The van der Waals surface area contributed by atoms with Crippen molar-refractivity contribution in [2.24, 2.45) is 5.92 Å². The lowest BCUT2D eigenvalue weighted by Crippen LogP contribution is -2.26. The molecule has 4 nitrogen and oxygen atoms in total. The summed E-state index contributed by atoms with van der Waals surface area (Å²) < 4.78 is 0. The Kier molecular flexibility index (Phi) is 2.18. The van der Waals surface area contributed by atoms with Gasteiger partial charge in [0.25, 0.3) is 0 Å². The zero-order chi connectivity index (χ0) is 9.97. The molecule has 0 aromatic heterocycles. The lowest BCUT2D eigenvalue weighted by molar-refractivity contribution is -0.126. The topological polar surface area (TPSA) is 58.2 Å². The Hall–Kier alpha value is -1.84. The van der Waals surface area contributed by atoms with Gasteiger partial charge in [0.1, 0.15) is 5.92 Å². The third kappa shape index (κ3) is 1.46. The van der Waals surface area contributed by atoms with Crippen LogP contribution in [-0.2, 0) is 9.59 Å². The highest BCUT2D eigenvalue weighted by Crippen LogP contribution is 2.15. The first-order valence-electron chi connectivity index (χ1n) is 4.39. The van der Waals surface area contributed by atoms with Crippen molar-refractivity contribution in [3.63, 3.8) is 0 Å². The molecule has 2 aliphatic rings. The van der Waals surface area contributed by atoms with Crippen molar-refractivity contribution >= 4 is 11.7 Å². The van der Waals surface area contributed by atoms with E-state index in [1.54, 1.807) is 24.4 Å². The molecule has 14 heavy (non-hydrogen) atoms. The van der Waals surface area contributed by atoms with Gasteiger partial charge in [-0.2, -0.15) is 0 Å². The van der Waals surface area contributed by atoms with Gasteiger partial charge in [-0.15, -0.1) is 0 Å². The van der Waals surface area contributed by atoms with Gasteiger partial charge >= 0.3 is 0 Å². The molecule has 0 aromatic carbocycles. The first-order chi connectivity index (χ1) is 6.79. The van der Waals surface area contributed by atoms with Crippen molar-refractivity contribution in [3.05, 3.63) is 36.2 Å². The number of Topliss-reactive ketones (excluding diaryl/α,β-unsaturated/α-hetero) is 1. The lowest BCUT2D eigenvalue weighted by Gasteiger charge is -2.09. The van der Waals surface area contributed by atoms with Crippen LogP contribution in [0, 0.1) is 5.92 Å². The van der Waals surface area contributed by atoms with Crippen molar-refractivity contribution in [3.8, 4) is 0 Å². The summed E-state index contributed by atoms with van der Waals surface area (Å²) in [6, 6.07) is 0. The van der Waals surface area contributed by atoms with E-state index in [9.17, 15) is 9.59 Å². The first-order valence-corrected chi connectivity index (χ1v) is 4.39. The molecule has 1 saturated heterocycles. The maximum absolute atomic E-state index is 11.4. The molecule has 4 heteroatoms. The number of rotatable bonds is 1. The lowest BCUT2D eigenvalue weighted by atomic mass is 10.0. The molecule has 0 aliphatic carbocycles. The van der Waals surface area contributed by atoms with Gasteiger partial charge < -0.3 is 10.6 Å². The monoisotopic (exact) mass is 190 g/mol. The highest BCUT2D eigenvalue weighted by Gasteiger charge is 2.35. The molecule has 72 valence electrons. The fourth-order valence-corrected chi connectivity index (χ4v) is 1.49. The number of allylic oxidation sites excluding steroid dienone is 4. The molecule has 0 radical (unpaired) electrons. The fraction of sp³-hybridized carbons (Fsp3) is 0.200. The number of hydrogen-bond acceptors (Lipinski definition) is 3. The third-order valence-corrected chi connectivity index (χ3v) is 2.18. The zero-order valence-electron chi connectivity index (χ0n) is 7.49. The van der Waals surface area contributed by atoms with Crippen LogP contribution in [0.2, 0.25) is 0 Å². The third-order valence-electron chi connectivity index (χ3n) is 2.18. The summed E-state index contributed by atoms with van der Waals surface area (Å²) in [7, 11) is 0. The summed E-state index contributed by atoms with van der Waals surface area (Å²) >= 11 is 0. The van der Waals surface area contributed by atoms with Crippen LogP contribution in [0.5, 0.6) is 0 Å². The van der Waals surface area contributed by atoms with Gasteiger partial charge in [-0.3, -0.25) is 9.59 Å². The number of carbonyl (C=O) groups is 2. The van der Waals surface area contributed by atoms with Gasteiger partial charge in [0.2, 0.25) is 5.91 Å². The maximum Gasteiger partial charge on any atom is 0.237 e. The van der Waals surface area contributed by atoms with E-state index >= 15 is 0 Å². The van der Waals surface area contributed by atoms with Crippen molar-refractivity contribution in [2.75, 3.05) is 6.54 Å². The van der Waals surface area contributed by atoms with E-state index in [-0.39, 0.29) is 18.2 Å². The second-order valence-corrected chi connectivity index (χ2v) is 3.13. The Morgan fingerprint density at radius 1 is 1.21 bits per heavy atom. The average molecular weight is 190 g/mol. The quantitative estimate of drug-likeness (QED) is 0.566. The van der Waals surface area contributed by atoms with Crippen molar-refractivity contribution in [1.82, 2.24) is 10.6 Å². The fourth-order valence-electron chi connectivity index (χ4n) is 1.49. The Balaban J connectivity index is 2.25. The van der Waals surface area contributed by atoms with Crippen LogP contribution in [0.15, 0.2) is 36.2 Å². The molecule has 2 heterocycles. The summed E-state index contributed by atoms with van der Waals surface area (Å²) in [5.41, 5.74) is 0.634. The van der Waals surface area contributed by atoms with Crippen LogP contribution < -0.4 is 10.6 Å². The molecule has 2 aliphatic heterocycles. The minimum atomic E-state index is -0.664. The summed E-state index contributed by atoms with van der Waals surface area (Å²) in [5, 5.41) is 5.44. The summed E-state index contributed by atoms with van der Waals surface area (Å²) in [5.74, 6) is -0.975. The van der Waals surface area contributed by atoms with E-state index in [0.717, 1.165) is 0 Å². The number of carbonyl (C=O) groups excluding carboxylic acids is 2. The normalized spacial score (nSPS) is 25.4. The number of amides is 1. The molecule has 1 amide bonds. The molecule has 0 aromatic rings. The van der Waals surface area contributed by atoms with Crippen LogP contribution in [0.1, 0.15) is 0 Å². The molecular weight excluding hydrogens is 180 g/mol. The summed E-state index contributed by atoms with van der Waals surface area (Å²) in [6.07, 6.45) is 8.88. The van der Waals surface area contributed by atoms with Crippen molar-refractivity contribution in [2.45, 2.75) is 0 Å². The van der Waals surface area contributed by atoms with Gasteiger partial charge in [0, 0.05) is 11.9 Å². The second kappa shape index (κ2) is 3.49. The average Bonchev–Trinajstić information content (AvgIpc) is 2.45. The molecular formula is C10H10N2O2. The van der Waals surface area contributed by atoms with Crippen molar-refractivity contribution in [1.29, 1.82) is 0 Å². The molecule has 0 spiro atoms. The molecule has 0 saturated carbocycles. The van der Waals surface area contributed by atoms with Crippen LogP contribution >= 0.6 is 0 Å². The predicted molar refractivity (Wildman–Crippen MR) is 51.0 cm³/mol. The summed E-state index contributed by atoms with van der Waals surface area (Å²) in [4.78, 5) is 22.7. The van der Waals surface area contributed by atoms with Crippen LogP contribution in [0.25, 0.3) is 0 Å². The van der Waals surface area contributed by atoms with Crippen LogP contribution in [0.4, 0.5) is 0 Å². The second-order valence-electron chi connectivity index (χ2n) is 3.13. The van der Waals surface area contributed by atoms with E-state index in [1.807, 2.05) is 6.08 Å². The molecule has 1 unspecified atom stereocenters. The first kappa shape index (κ1) is 8.74. The van der Waals surface area contributed by atoms with Gasteiger partial charge in [-0.1, -0.05) is 12.2 Å². The molecule has 1 fully saturated rings. The number of hydrogen-bond donors (Lipinski definition) is 2. The van der Waals surface area contributed by atoms with E-state index in [0.29, 0.717) is 5.70 Å². The molecule has 1 atom stereocenters. The van der Waals surface area contributed by atoms with Gasteiger partial charge in [-0.25, -0.2) is 0 Å². The van der Waals surface area contributed by atoms with Crippen LogP contribution in [0.3, 0.4) is 0 Å². The Bertz CT molecular complexity index is 350. The number of ketones is 1. The highest BCUT2D eigenvalue weighted by molar-refractivity contribution is 6.10. The van der Waals surface area contributed by atoms with E-state index in [4.69, 9.17) is 0 Å². The minimum absolute atomic E-state index is 0.0857. The highest BCUT2D eigenvalue weighted by atomic mass is 16.2. The minimum Gasteiger partial charge on any atom is -0.364 e. The Morgan fingerprint density at radius 2 is 2.07 bits per heavy atom. The standard InChI is InChI=1S/C10H10N2O2/c13-8-6-12-10(14)9(8)7-4-2-1-3-5-11-7/h1-5,9,11H,6H2,(H,12,14). The Morgan fingerprint density at radius 3 is 2.79 bits per heavy atom. The maximum atomic E-state index is 11.4. The predicted octanol–water partition coefficient (Wildman–Crippen LogP) is -0.141. The van der Waals surface area contributed by atoms with Gasteiger partial charge in [0.15, 0.2) is 5.78 Å². The summed E-state index contributed by atoms with van der Waals surface area (Å²) in [6.45, 7) is 0.135. The SMILES string of the molecule is O=C1CNC(=O)C1C1=CC=CC=CN1. The molecule has 2 N–H and O–H groups in total. The van der Waals surface area contributed by atoms with Gasteiger partial charge in [0.05, 0.1) is 6.54 Å². The smallest absolute Gasteiger partial charge is 0.237 e. The van der Waals surface area contributed by atoms with Crippen molar-refractivity contribution < 1.29 is 9.59 Å². The molecule has 0 bridgehead atoms.